The van der Waals surface area contributed by atoms with Crippen molar-refractivity contribution in [3.8, 4) is 0 Å². The van der Waals surface area contributed by atoms with E-state index in [9.17, 15) is 4.79 Å². The lowest BCUT2D eigenvalue weighted by molar-refractivity contribution is 0.100. The van der Waals surface area contributed by atoms with Gasteiger partial charge in [0.25, 0.3) is 5.91 Å². The van der Waals surface area contributed by atoms with E-state index in [1.165, 1.54) is 0 Å². The topological polar surface area (TPSA) is 58.4 Å². The summed E-state index contributed by atoms with van der Waals surface area (Å²) in [4.78, 5) is 13.3. The summed E-state index contributed by atoms with van der Waals surface area (Å²) >= 11 is 5.86. The first-order chi connectivity index (χ1) is 8.06. The van der Waals surface area contributed by atoms with E-state index in [0.29, 0.717) is 10.6 Å². The van der Waals surface area contributed by atoms with Crippen LogP contribution in [-0.2, 0) is 0 Å². The summed E-state index contributed by atoms with van der Waals surface area (Å²) in [6, 6.07) is 5.19. The number of hydrogen-bond donors (Lipinski definition) is 2. The lowest BCUT2D eigenvalue weighted by Crippen LogP contribution is -2.25. The number of primary amides is 1. The van der Waals surface area contributed by atoms with E-state index in [-0.39, 0.29) is 0 Å². The molecule has 1 aromatic rings. The Hall–Kier alpha value is -1.26. The van der Waals surface area contributed by atoms with E-state index in [1.807, 2.05) is 25.1 Å². The van der Waals surface area contributed by atoms with E-state index < -0.39 is 5.91 Å². The number of nitrogens with one attached hydrogen (secondary N) is 1. The van der Waals surface area contributed by atoms with Gasteiger partial charge in [-0.05, 0) is 38.2 Å². The molecule has 1 rings (SSSR count). The molecule has 1 aromatic carbocycles. The van der Waals surface area contributed by atoms with Crippen molar-refractivity contribution in [1.82, 2.24) is 5.32 Å². The maximum Gasteiger partial charge on any atom is 0.250 e. The van der Waals surface area contributed by atoms with Gasteiger partial charge in [0.05, 0.1) is 5.56 Å². The third-order valence-corrected chi connectivity index (χ3v) is 2.79. The maximum atomic E-state index is 11.3. The number of halogens is 1. The number of anilines is 1. The lowest BCUT2D eigenvalue weighted by Gasteiger charge is -2.21. The molecule has 5 heteroatoms. The number of hydrogen-bond acceptors (Lipinski definition) is 3. The first-order valence-electron chi connectivity index (χ1n) is 5.51. The summed E-state index contributed by atoms with van der Waals surface area (Å²) in [7, 11) is 3.85. The third kappa shape index (κ3) is 3.91. The van der Waals surface area contributed by atoms with Gasteiger partial charge in [0.2, 0.25) is 0 Å². The zero-order chi connectivity index (χ0) is 12.8. The second-order valence-corrected chi connectivity index (χ2v) is 4.34. The highest BCUT2D eigenvalue weighted by Crippen LogP contribution is 2.23. The average Bonchev–Trinajstić information content (AvgIpc) is 2.29. The number of carbonyl (C=O) groups excluding carboxylic acids is 1. The van der Waals surface area contributed by atoms with E-state index in [4.69, 9.17) is 17.3 Å². The maximum absolute atomic E-state index is 11.3. The summed E-state index contributed by atoms with van der Waals surface area (Å²) in [6.45, 7) is 1.78. The van der Waals surface area contributed by atoms with Crippen LogP contribution < -0.4 is 16.0 Å². The van der Waals surface area contributed by atoms with Gasteiger partial charge in [-0.2, -0.15) is 0 Å². The van der Waals surface area contributed by atoms with Crippen molar-refractivity contribution >= 4 is 23.2 Å². The molecule has 94 valence electrons. The van der Waals surface area contributed by atoms with Gasteiger partial charge in [0.15, 0.2) is 0 Å². The fraction of sp³-hybridized carbons (Fsp3) is 0.417. The molecule has 0 aliphatic rings. The van der Waals surface area contributed by atoms with Crippen molar-refractivity contribution in [2.24, 2.45) is 5.73 Å². The Balaban J connectivity index is 2.84. The minimum Gasteiger partial charge on any atom is -0.374 e. The van der Waals surface area contributed by atoms with Crippen LogP contribution in [0.3, 0.4) is 0 Å². The van der Waals surface area contributed by atoms with Gasteiger partial charge in [-0.25, -0.2) is 0 Å². The first-order valence-corrected chi connectivity index (χ1v) is 5.89. The SMILES string of the molecule is CNCCCN(C)c1ccc(Cl)cc1C(N)=O. The van der Waals surface area contributed by atoms with Crippen LogP contribution in [0.25, 0.3) is 0 Å². The summed E-state index contributed by atoms with van der Waals surface area (Å²) in [6.07, 6.45) is 0.994. The van der Waals surface area contributed by atoms with Crippen LogP contribution in [0.15, 0.2) is 18.2 Å². The molecule has 0 aliphatic carbocycles. The number of benzene rings is 1. The van der Waals surface area contributed by atoms with E-state index in [0.717, 1.165) is 25.2 Å². The molecule has 3 N–H and O–H groups in total. The van der Waals surface area contributed by atoms with Crippen LogP contribution in [-0.4, -0.2) is 33.1 Å². The van der Waals surface area contributed by atoms with Crippen LogP contribution in [0.2, 0.25) is 5.02 Å². The van der Waals surface area contributed by atoms with E-state index in [2.05, 4.69) is 5.32 Å². The minimum absolute atomic E-state index is 0.456. The van der Waals surface area contributed by atoms with Gasteiger partial charge in [-0.1, -0.05) is 11.6 Å². The van der Waals surface area contributed by atoms with Gasteiger partial charge in [-0.15, -0.1) is 0 Å². The molecule has 0 heterocycles. The Morgan fingerprint density at radius 3 is 2.82 bits per heavy atom. The second-order valence-electron chi connectivity index (χ2n) is 3.90. The van der Waals surface area contributed by atoms with Crippen molar-refractivity contribution in [2.45, 2.75) is 6.42 Å². The van der Waals surface area contributed by atoms with Gasteiger partial charge in [0, 0.05) is 24.3 Å². The fourth-order valence-corrected chi connectivity index (χ4v) is 1.82. The Morgan fingerprint density at radius 1 is 1.53 bits per heavy atom. The zero-order valence-corrected chi connectivity index (χ0v) is 10.9. The van der Waals surface area contributed by atoms with E-state index in [1.54, 1.807) is 12.1 Å². The van der Waals surface area contributed by atoms with Gasteiger partial charge in [-0.3, -0.25) is 4.79 Å². The number of rotatable bonds is 6. The standard InChI is InChI=1S/C12H18ClN3O/c1-15-6-3-7-16(2)11-5-4-9(13)8-10(11)12(14)17/h4-5,8,15H,3,6-7H2,1-2H3,(H2,14,17). The van der Waals surface area contributed by atoms with Crippen molar-refractivity contribution in [1.29, 1.82) is 0 Å². The normalized spacial score (nSPS) is 10.3. The molecule has 0 atom stereocenters. The van der Waals surface area contributed by atoms with Crippen LogP contribution in [0.5, 0.6) is 0 Å². The Labute approximate surface area is 107 Å². The quantitative estimate of drug-likeness (QED) is 0.757. The highest BCUT2D eigenvalue weighted by atomic mass is 35.5. The predicted molar refractivity (Wildman–Crippen MR) is 71.8 cm³/mol. The van der Waals surface area contributed by atoms with E-state index >= 15 is 0 Å². The fourth-order valence-electron chi connectivity index (χ4n) is 1.65. The Morgan fingerprint density at radius 2 is 2.24 bits per heavy atom. The molecule has 0 saturated carbocycles. The number of nitrogens with two attached hydrogens (primary N) is 1. The predicted octanol–water partition coefficient (Wildman–Crippen LogP) is 1.48. The molecule has 0 aliphatic heterocycles. The smallest absolute Gasteiger partial charge is 0.250 e. The second kappa shape index (κ2) is 6.47. The monoisotopic (exact) mass is 255 g/mol. The van der Waals surface area contributed by atoms with Gasteiger partial charge >= 0.3 is 0 Å². The van der Waals surface area contributed by atoms with Gasteiger partial charge in [0.1, 0.15) is 0 Å². The summed E-state index contributed by atoms with van der Waals surface area (Å²) in [5, 5.41) is 3.60. The molecule has 17 heavy (non-hydrogen) atoms. The molecule has 4 nitrogen and oxygen atoms in total. The number of amides is 1. The molecule has 0 saturated heterocycles. The molecule has 0 fully saturated rings. The van der Waals surface area contributed by atoms with Crippen molar-refractivity contribution in [3.63, 3.8) is 0 Å². The molecule has 0 aromatic heterocycles. The lowest BCUT2D eigenvalue weighted by atomic mass is 10.1. The molecular formula is C12H18ClN3O. The molecule has 0 spiro atoms. The number of nitrogens with zero attached hydrogens (tertiary/aromatic N) is 1. The average molecular weight is 256 g/mol. The van der Waals surface area contributed by atoms with Crippen LogP contribution in [0, 0.1) is 0 Å². The molecular weight excluding hydrogens is 238 g/mol. The summed E-state index contributed by atoms with van der Waals surface area (Å²) in [5.74, 6) is -0.456. The molecule has 0 bridgehead atoms. The number of carbonyl (C=O) groups is 1. The highest BCUT2D eigenvalue weighted by molar-refractivity contribution is 6.31. The summed E-state index contributed by atoms with van der Waals surface area (Å²) in [5.41, 5.74) is 6.62. The molecule has 0 radical (unpaired) electrons. The van der Waals surface area contributed by atoms with Crippen molar-refractivity contribution < 1.29 is 4.79 Å². The summed E-state index contributed by atoms with van der Waals surface area (Å²) < 4.78 is 0. The molecule has 0 unspecified atom stereocenters. The largest absolute Gasteiger partial charge is 0.374 e. The minimum atomic E-state index is -0.456. The van der Waals surface area contributed by atoms with Crippen LogP contribution >= 0.6 is 11.6 Å². The zero-order valence-electron chi connectivity index (χ0n) is 10.2. The van der Waals surface area contributed by atoms with Gasteiger partial charge < -0.3 is 16.0 Å². The first kappa shape index (κ1) is 13.8. The third-order valence-electron chi connectivity index (χ3n) is 2.56. The van der Waals surface area contributed by atoms with Crippen molar-refractivity contribution in [3.05, 3.63) is 28.8 Å². The Kier molecular flexibility index (Phi) is 5.25. The van der Waals surface area contributed by atoms with Crippen LogP contribution in [0.1, 0.15) is 16.8 Å². The molecule has 1 amide bonds. The van der Waals surface area contributed by atoms with Crippen LogP contribution in [0.4, 0.5) is 5.69 Å². The Bertz CT molecular complexity index is 395. The highest BCUT2D eigenvalue weighted by Gasteiger charge is 2.12. The van der Waals surface area contributed by atoms with Crippen molar-refractivity contribution in [2.75, 3.05) is 32.1 Å².